The Labute approximate surface area is 152 Å². The van der Waals surface area contributed by atoms with E-state index in [2.05, 4.69) is 5.32 Å². The number of carbonyl (C=O) groups excluding carboxylic acids is 4. The third-order valence-electron chi connectivity index (χ3n) is 3.21. The van der Waals surface area contributed by atoms with Crippen molar-refractivity contribution in [2.75, 3.05) is 32.6 Å². The highest BCUT2D eigenvalue weighted by Gasteiger charge is 2.29. The molecular weight excluding hydrogens is 372 g/mol. The van der Waals surface area contributed by atoms with Gasteiger partial charge in [0.2, 0.25) is 5.91 Å². The molecule has 1 aliphatic rings. The van der Waals surface area contributed by atoms with Crippen LogP contribution in [-0.4, -0.2) is 60.5 Å². The summed E-state index contributed by atoms with van der Waals surface area (Å²) >= 11 is 6.75. The number of amides is 3. The average Bonchev–Trinajstić information content (AvgIpc) is 2.91. The van der Waals surface area contributed by atoms with Crippen molar-refractivity contribution in [2.24, 2.45) is 0 Å². The summed E-state index contributed by atoms with van der Waals surface area (Å²) in [5.74, 6) is -1.20. The van der Waals surface area contributed by atoms with Crippen LogP contribution in [0.2, 0.25) is 5.02 Å². The Morgan fingerprint density at radius 2 is 2.12 bits per heavy atom. The highest BCUT2D eigenvalue weighted by molar-refractivity contribution is 8.14. The molecule has 0 saturated carbocycles. The van der Waals surface area contributed by atoms with E-state index in [4.69, 9.17) is 21.1 Å². The summed E-state index contributed by atoms with van der Waals surface area (Å²) in [6.45, 7) is -0.355. The van der Waals surface area contributed by atoms with Crippen LogP contribution in [-0.2, 0) is 14.3 Å². The number of nitrogens with one attached hydrogen (secondary N) is 1. The summed E-state index contributed by atoms with van der Waals surface area (Å²) in [4.78, 5) is 47.6. The highest BCUT2D eigenvalue weighted by Crippen LogP contribution is 2.23. The number of thioether (sulfide) groups is 1. The van der Waals surface area contributed by atoms with Crippen molar-refractivity contribution in [1.29, 1.82) is 0 Å². The fourth-order valence-corrected chi connectivity index (χ4v) is 2.93. The van der Waals surface area contributed by atoms with E-state index in [0.29, 0.717) is 5.02 Å². The molecule has 1 heterocycles. The fourth-order valence-electron chi connectivity index (χ4n) is 2.00. The molecule has 25 heavy (non-hydrogen) atoms. The zero-order valence-electron chi connectivity index (χ0n) is 13.2. The lowest BCUT2D eigenvalue weighted by Crippen LogP contribution is -2.38. The Bertz CT molecular complexity index is 695. The third-order valence-corrected chi connectivity index (χ3v) is 4.31. The van der Waals surface area contributed by atoms with Crippen molar-refractivity contribution in [3.8, 4) is 5.75 Å². The number of ether oxygens (including phenoxy) is 2. The van der Waals surface area contributed by atoms with Crippen molar-refractivity contribution in [2.45, 2.75) is 0 Å². The number of hydrogen-bond donors (Lipinski definition) is 1. The first-order valence-corrected chi connectivity index (χ1v) is 8.53. The molecule has 1 N–H and O–H groups in total. The SMILES string of the molecule is COc1ccc(Cl)cc1C(=O)OCC(=O)NCCN1C(=O)CSC1=O. The molecule has 3 amide bonds. The van der Waals surface area contributed by atoms with Crippen LogP contribution in [0.15, 0.2) is 18.2 Å². The van der Waals surface area contributed by atoms with Gasteiger partial charge in [-0.1, -0.05) is 23.4 Å². The molecule has 0 aliphatic carbocycles. The minimum atomic E-state index is -0.754. The van der Waals surface area contributed by atoms with E-state index >= 15 is 0 Å². The predicted octanol–water partition coefficient (Wildman–Crippen LogP) is 1.32. The standard InChI is InChI=1S/C15H15ClN2O6S/c1-23-11-3-2-9(16)6-10(11)14(21)24-7-12(19)17-4-5-18-13(20)8-25-15(18)22/h2-3,6H,4-5,7-8H2,1H3,(H,17,19). The third kappa shape index (κ3) is 5.10. The molecular formula is C15H15ClN2O6S. The number of benzene rings is 1. The zero-order valence-corrected chi connectivity index (χ0v) is 14.8. The van der Waals surface area contributed by atoms with E-state index in [9.17, 15) is 19.2 Å². The van der Waals surface area contributed by atoms with E-state index in [0.717, 1.165) is 16.7 Å². The van der Waals surface area contributed by atoms with Gasteiger partial charge < -0.3 is 14.8 Å². The van der Waals surface area contributed by atoms with Crippen LogP contribution in [0.3, 0.4) is 0 Å². The van der Waals surface area contributed by atoms with Gasteiger partial charge in [-0.05, 0) is 18.2 Å². The molecule has 0 bridgehead atoms. The number of methoxy groups -OCH3 is 1. The number of esters is 1. The molecule has 1 saturated heterocycles. The van der Waals surface area contributed by atoms with Crippen molar-refractivity contribution < 1.29 is 28.7 Å². The second-order valence-electron chi connectivity index (χ2n) is 4.87. The molecule has 0 spiro atoms. The maximum absolute atomic E-state index is 12.0. The number of rotatable bonds is 7. The van der Waals surface area contributed by atoms with Gasteiger partial charge in [-0.25, -0.2) is 4.79 Å². The van der Waals surface area contributed by atoms with Crippen molar-refractivity contribution in [1.82, 2.24) is 10.2 Å². The molecule has 8 nitrogen and oxygen atoms in total. The molecule has 0 aromatic heterocycles. The van der Waals surface area contributed by atoms with Crippen LogP contribution in [0.4, 0.5) is 4.79 Å². The minimum absolute atomic E-state index is 0.0759. The molecule has 134 valence electrons. The van der Waals surface area contributed by atoms with Gasteiger partial charge in [0, 0.05) is 18.1 Å². The summed E-state index contributed by atoms with van der Waals surface area (Å²) in [6.07, 6.45) is 0. The zero-order chi connectivity index (χ0) is 18.4. The van der Waals surface area contributed by atoms with E-state index in [1.165, 1.54) is 19.2 Å². The second kappa shape index (κ2) is 8.72. The maximum Gasteiger partial charge on any atom is 0.342 e. The Morgan fingerprint density at radius 1 is 1.36 bits per heavy atom. The van der Waals surface area contributed by atoms with Gasteiger partial charge in [0.15, 0.2) is 6.61 Å². The minimum Gasteiger partial charge on any atom is -0.496 e. The van der Waals surface area contributed by atoms with Gasteiger partial charge in [-0.15, -0.1) is 0 Å². The van der Waals surface area contributed by atoms with Gasteiger partial charge in [-0.3, -0.25) is 19.3 Å². The van der Waals surface area contributed by atoms with E-state index in [1.807, 2.05) is 0 Å². The van der Waals surface area contributed by atoms with Crippen LogP contribution in [0.25, 0.3) is 0 Å². The first-order valence-electron chi connectivity index (χ1n) is 7.17. The highest BCUT2D eigenvalue weighted by atomic mass is 35.5. The second-order valence-corrected chi connectivity index (χ2v) is 6.23. The molecule has 1 aliphatic heterocycles. The van der Waals surface area contributed by atoms with E-state index < -0.39 is 18.5 Å². The molecule has 0 radical (unpaired) electrons. The maximum atomic E-state index is 12.0. The molecule has 0 atom stereocenters. The number of hydrogen-bond acceptors (Lipinski definition) is 7. The lowest BCUT2D eigenvalue weighted by Gasteiger charge is -2.13. The molecule has 0 unspecified atom stereocenters. The topological polar surface area (TPSA) is 102 Å². The van der Waals surface area contributed by atoms with Gasteiger partial charge in [-0.2, -0.15) is 0 Å². The van der Waals surface area contributed by atoms with Crippen LogP contribution >= 0.6 is 23.4 Å². The first-order chi connectivity index (χ1) is 11.9. The number of nitrogens with zero attached hydrogens (tertiary/aromatic N) is 1. The molecule has 1 aromatic rings. The lowest BCUT2D eigenvalue weighted by molar-refractivity contribution is -0.126. The first kappa shape index (κ1) is 19.1. The summed E-state index contributed by atoms with van der Waals surface area (Å²) < 4.78 is 9.95. The molecule has 2 rings (SSSR count). The Kier molecular flexibility index (Phi) is 6.65. The van der Waals surface area contributed by atoms with Crippen LogP contribution < -0.4 is 10.1 Å². The smallest absolute Gasteiger partial charge is 0.342 e. The number of halogens is 1. The summed E-state index contributed by atoms with van der Waals surface area (Å²) in [7, 11) is 1.39. The molecule has 1 aromatic carbocycles. The van der Waals surface area contributed by atoms with Crippen molar-refractivity contribution in [3.05, 3.63) is 28.8 Å². The number of imide groups is 1. The van der Waals surface area contributed by atoms with E-state index in [-0.39, 0.29) is 41.3 Å². The monoisotopic (exact) mass is 386 g/mol. The summed E-state index contributed by atoms with van der Waals surface area (Å²) in [6, 6.07) is 4.45. The van der Waals surface area contributed by atoms with Gasteiger partial charge in [0.25, 0.3) is 11.1 Å². The number of carbonyl (C=O) groups is 4. The summed E-state index contributed by atoms with van der Waals surface area (Å²) in [5.41, 5.74) is 0.105. The fraction of sp³-hybridized carbons (Fsp3) is 0.333. The Balaban J connectivity index is 1.78. The van der Waals surface area contributed by atoms with Crippen LogP contribution in [0.5, 0.6) is 5.75 Å². The molecule has 10 heteroatoms. The predicted molar refractivity (Wildman–Crippen MR) is 90.9 cm³/mol. The van der Waals surface area contributed by atoms with Gasteiger partial charge >= 0.3 is 5.97 Å². The van der Waals surface area contributed by atoms with Gasteiger partial charge in [0.05, 0.1) is 12.9 Å². The van der Waals surface area contributed by atoms with Crippen LogP contribution in [0, 0.1) is 0 Å². The molecule has 1 fully saturated rings. The van der Waals surface area contributed by atoms with E-state index in [1.54, 1.807) is 6.07 Å². The summed E-state index contributed by atoms with van der Waals surface area (Å²) in [5, 5.41) is 2.46. The quantitative estimate of drug-likeness (QED) is 0.705. The Morgan fingerprint density at radius 3 is 2.76 bits per heavy atom. The van der Waals surface area contributed by atoms with Crippen molar-refractivity contribution in [3.63, 3.8) is 0 Å². The van der Waals surface area contributed by atoms with Crippen molar-refractivity contribution >= 4 is 46.4 Å². The largest absolute Gasteiger partial charge is 0.496 e. The lowest BCUT2D eigenvalue weighted by atomic mass is 10.2. The average molecular weight is 387 g/mol. The van der Waals surface area contributed by atoms with Crippen LogP contribution in [0.1, 0.15) is 10.4 Å². The van der Waals surface area contributed by atoms with Gasteiger partial charge in [0.1, 0.15) is 11.3 Å². The Hall–Kier alpha value is -2.26. The normalized spacial score (nSPS) is 13.8.